The van der Waals surface area contributed by atoms with Gasteiger partial charge in [0.05, 0.1) is 4.92 Å². The molecule has 3 aromatic rings. The van der Waals surface area contributed by atoms with Gasteiger partial charge in [0.1, 0.15) is 6.04 Å². The molecule has 9 heteroatoms. The Hall–Kier alpha value is -3.33. The van der Waals surface area contributed by atoms with Gasteiger partial charge in [-0.2, -0.15) is 4.98 Å². The summed E-state index contributed by atoms with van der Waals surface area (Å²) in [5.74, 6) is 1.10. The van der Waals surface area contributed by atoms with E-state index >= 15 is 0 Å². The second kappa shape index (κ2) is 7.37. The fourth-order valence-electron chi connectivity index (χ4n) is 4.42. The van der Waals surface area contributed by atoms with E-state index in [4.69, 9.17) is 5.10 Å². The van der Waals surface area contributed by atoms with Crippen LogP contribution in [0.2, 0.25) is 0 Å². The van der Waals surface area contributed by atoms with Crippen molar-refractivity contribution in [2.75, 3.05) is 5.32 Å². The molecule has 0 amide bonds. The highest BCUT2D eigenvalue weighted by Gasteiger charge is 2.41. The van der Waals surface area contributed by atoms with Crippen LogP contribution in [0, 0.1) is 15.5 Å². The topological polar surface area (TPSA) is 103 Å². The molecule has 0 radical (unpaired) electrons. The number of ketones is 1. The number of nitrogens with zero attached hydrogens (tertiary/aromatic N) is 4. The number of nitro groups is 1. The second-order valence-corrected chi connectivity index (χ2v) is 9.84. The first-order valence-corrected chi connectivity index (χ1v) is 11.0. The van der Waals surface area contributed by atoms with Crippen LogP contribution in [0.4, 0.5) is 11.6 Å². The number of nitro benzene ring substituents is 1. The average Bonchev–Trinajstić information content (AvgIpc) is 3.16. The van der Waals surface area contributed by atoms with Gasteiger partial charge in [0, 0.05) is 39.9 Å². The molecule has 1 N–H and O–H groups in total. The van der Waals surface area contributed by atoms with Gasteiger partial charge in [0.2, 0.25) is 5.95 Å². The standard InChI is InChI=1S/C23H20BrN5O3/c1-23(2)11-17-19(18(30)12-23)20(13-3-7-15(24)8-4-13)28-22(25-17)26-21(27-28)14-5-9-16(10-6-14)29(31)32/h3-10,20H,11-12H2,1-2H3,(H,25,26,27). The Kier molecular flexibility index (Phi) is 4.74. The van der Waals surface area contributed by atoms with Gasteiger partial charge in [-0.05, 0) is 41.7 Å². The normalized spacial score (nSPS) is 19.2. The van der Waals surface area contributed by atoms with E-state index in [9.17, 15) is 14.9 Å². The van der Waals surface area contributed by atoms with E-state index in [1.807, 2.05) is 24.3 Å². The molecule has 1 unspecified atom stereocenters. The molecule has 2 heterocycles. The van der Waals surface area contributed by atoms with Crippen molar-refractivity contribution in [3.05, 3.63) is 80.0 Å². The largest absolute Gasteiger partial charge is 0.328 e. The van der Waals surface area contributed by atoms with Crippen LogP contribution in [0.3, 0.4) is 0 Å². The maximum atomic E-state index is 13.3. The van der Waals surface area contributed by atoms with Crippen LogP contribution in [0.15, 0.2) is 64.3 Å². The maximum absolute atomic E-state index is 13.3. The lowest BCUT2D eigenvalue weighted by atomic mass is 9.73. The molecule has 0 bridgehead atoms. The first kappa shape index (κ1) is 20.6. The minimum Gasteiger partial charge on any atom is -0.328 e. The Labute approximate surface area is 192 Å². The molecule has 8 nitrogen and oxygen atoms in total. The summed E-state index contributed by atoms with van der Waals surface area (Å²) in [4.78, 5) is 28.5. The highest BCUT2D eigenvalue weighted by molar-refractivity contribution is 9.10. The molecule has 2 aromatic carbocycles. The Bertz CT molecular complexity index is 1280. The number of anilines is 1. The van der Waals surface area contributed by atoms with Crippen LogP contribution in [0.1, 0.15) is 38.3 Å². The highest BCUT2D eigenvalue weighted by atomic mass is 79.9. The van der Waals surface area contributed by atoms with Crippen LogP contribution in [-0.2, 0) is 4.79 Å². The number of halogens is 1. The van der Waals surface area contributed by atoms with Crippen LogP contribution in [0.5, 0.6) is 0 Å². The molecular weight excluding hydrogens is 474 g/mol. The molecule has 32 heavy (non-hydrogen) atoms. The average molecular weight is 494 g/mol. The van der Waals surface area contributed by atoms with E-state index < -0.39 is 11.0 Å². The molecule has 5 rings (SSSR count). The van der Waals surface area contributed by atoms with Gasteiger partial charge in [-0.3, -0.25) is 14.9 Å². The second-order valence-electron chi connectivity index (χ2n) is 8.92. The van der Waals surface area contributed by atoms with Crippen LogP contribution in [-0.4, -0.2) is 25.5 Å². The zero-order valence-electron chi connectivity index (χ0n) is 17.5. The smallest absolute Gasteiger partial charge is 0.269 e. The van der Waals surface area contributed by atoms with Crippen LogP contribution < -0.4 is 5.32 Å². The third-order valence-corrected chi connectivity index (χ3v) is 6.38. The van der Waals surface area contributed by atoms with Crippen molar-refractivity contribution in [1.82, 2.24) is 14.8 Å². The molecule has 0 fully saturated rings. The summed E-state index contributed by atoms with van der Waals surface area (Å²) >= 11 is 3.47. The maximum Gasteiger partial charge on any atom is 0.269 e. The monoisotopic (exact) mass is 493 g/mol. The highest BCUT2D eigenvalue weighted by Crippen LogP contribution is 2.45. The quantitative estimate of drug-likeness (QED) is 0.393. The lowest BCUT2D eigenvalue weighted by Gasteiger charge is -2.38. The number of hydrogen-bond donors (Lipinski definition) is 1. The van der Waals surface area contributed by atoms with E-state index in [1.165, 1.54) is 12.1 Å². The number of non-ortho nitro benzene ring substituents is 1. The lowest BCUT2D eigenvalue weighted by molar-refractivity contribution is -0.384. The summed E-state index contributed by atoms with van der Waals surface area (Å²) in [6.45, 7) is 4.18. The number of rotatable bonds is 3. The van der Waals surface area contributed by atoms with Gasteiger partial charge >= 0.3 is 0 Å². The Morgan fingerprint density at radius 1 is 1.12 bits per heavy atom. The summed E-state index contributed by atoms with van der Waals surface area (Å²) in [5, 5.41) is 19.0. The molecule has 1 aliphatic carbocycles. The minimum absolute atomic E-state index is 0.00791. The molecule has 0 spiro atoms. The van der Waals surface area contributed by atoms with Gasteiger partial charge < -0.3 is 5.32 Å². The predicted octanol–water partition coefficient (Wildman–Crippen LogP) is 5.27. The van der Waals surface area contributed by atoms with Gasteiger partial charge in [0.15, 0.2) is 11.6 Å². The molecular formula is C23H20BrN5O3. The SMILES string of the molecule is CC1(C)CC(=O)C2=C(C1)Nc1nc(-c3ccc([N+](=O)[O-])cc3)nn1C2c1ccc(Br)cc1. The predicted molar refractivity (Wildman–Crippen MR) is 123 cm³/mol. The fourth-order valence-corrected chi connectivity index (χ4v) is 4.68. The molecule has 0 saturated carbocycles. The summed E-state index contributed by atoms with van der Waals surface area (Å²) in [6, 6.07) is 13.6. The van der Waals surface area contributed by atoms with Crippen molar-refractivity contribution in [2.45, 2.75) is 32.7 Å². The van der Waals surface area contributed by atoms with E-state index in [1.54, 1.807) is 16.8 Å². The van der Waals surface area contributed by atoms with Crippen molar-refractivity contribution in [3.8, 4) is 11.4 Å². The van der Waals surface area contributed by atoms with Gasteiger partial charge in [-0.15, -0.1) is 5.10 Å². The van der Waals surface area contributed by atoms with Crippen molar-refractivity contribution >= 4 is 33.3 Å². The number of carbonyl (C=O) groups excluding carboxylic acids is 1. The van der Waals surface area contributed by atoms with E-state index in [2.05, 4.69) is 40.1 Å². The van der Waals surface area contributed by atoms with Gasteiger partial charge in [-0.25, -0.2) is 4.68 Å². The number of Topliss-reactive ketones (excluding diaryl/α,β-unsaturated/α-hetero) is 1. The number of fused-ring (bicyclic) bond motifs is 1. The number of carbonyl (C=O) groups is 1. The zero-order chi connectivity index (χ0) is 22.6. The molecule has 1 aliphatic heterocycles. The van der Waals surface area contributed by atoms with Crippen molar-refractivity contribution in [3.63, 3.8) is 0 Å². The van der Waals surface area contributed by atoms with Gasteiger partial charge in [-0.1, -0.05) is 41.9 Å². The minimum atomic E-state index is -0.439. The summed E-state index contributed by atoms with van der Waals surface area (Å²) < 4.78 is 2.69. The third-order valence-electron chi connectivity index (χ3n) is 5.85. The number of aromatic nitrogens is 3. The van der Waals surface area contributed by atoms with Crippen LogP contribution >= 0.6 is 15.9 Å². The number of hydrogen-bond acceptors (Lipinski definition) is 6. The molecule has 162 valence electrons. The first-order valence-electron chi connectivity index (χ1n) is 10.2. The molecule has 2 aliphatic rings. The number of allylic oxidation sites excluding steroid dienone is 2. The lowest BCUT2D eigenvalue weighted by Crippen LogP contribution is -2.36. The van der Waals surface area contributed by atoms with E-state index in [-0.39, 0.29) is 16.9 Å². The van der Waals surface area contributed by atoms with Crippen molar-refractivity contribution in [1.29, 1.82) is 0 Å². The van der Waals surface area contributed by atoms with Crippen LogP contribution in [0.25, 0.3) is 11.4 Å². The first-order chi connectivity index (χ1) is 15.2. The van der Waals surface area contributed by atoms with E-state index in [0.717, 1.165) is 27.7 Å². The Morgan fingerprint density at radius 3 is 2.47 bits per heavy atom. The molecule has 1 aromatic heterocycles. The Balaban J connectivity index is 1.63. The summed E-state index contributed by atoms with van der Waals surface area (Å²) in [7, 11) is 0. The number of benzene rings is 2. The summed E-state index contributed by atoms with van der Waals surface area (Å²) in [6.07, 6.45) is 1.21. The zero-order valence-corrected chi connectivity index (χ0v) is 19.1. The van der Waals surface area contributed by atoms with Gasteiger partial charge in [0.25, 0.3) is 5.69 Å². The third kappa shape index (κ3) is 3.52. The Morgan fingerprint density at radius 2 is 1.81 bits per heavy atom. The molecule has 1 atom stereocenters. The summed E-state index contributed by atoms with van der Waals surface area (Å²) in [5.41, 5.74) is 3.08. The molecule has 0 saturated heterocycles. The number of nitrogens with one attached hydrogen (secondary N) is 1. The van der Waals surface area contributed by atoms with E-state index in [0.29, 0.717) is 23.8 Å². The van der Waals surface area contributed by atoms with Crippen molar-refractivity contribution < 1.29 is 9.72 Å². The fraction of sp³-hybridized carbons (Fsp3) is 0.261. The van der Waals surface area contributed by atoms with Crippen molar-refractivity contribution in [2.24, 2.45) is 5.41 Å².